The molecule has 1 heterocycles. The fourth-order valence-electron chi connectivity index (χ4n) is 3.57. The number of anilines is 2. The van der Waals surface area contributed by atoms with E-state index in [0.717, 1.165) is 29.9 Å². The van der Waals surface area contributed by atoms with Gasteiger partial charge in [0.1, 0.15) is 0 Å². The van der Waals surface area contributed by atoms with Gasteiger partial charge in [0.2, 0.25) is 0 Å². The summed E-state index contributed by atoms with van der Waals surface area (Å²) in [6, 6.07) is 22.4. The molecule has 0 saturated carbocycles. The molecule has 0 saturated heterocycles. The quantitative estimate of drug-likeness (QED) is 0.282. The van der Waals surface area contributed by atoms with Gasteiger partial charge in [-0.3, -0.25) is 9.78 Å². The van der Waals surface area contributed by atoms with Crippen LogP contribution in [0.1, 0.15) is 21.6 Å². The normalized spacial score (nSPS) is 11.2. The topological polar surface area (TPSA) is 54.0 Å². The molecule has 2 N–H and O–H groups in total. The molecule has 0 aliphatic rings. The highest BCUT2D eigenvalue weighted by Crippen LogP contribution is 2.37. The third-order valence-corrected chi connectivity index (χ3v) is 5.66. The molecule has 1 amide bonds. The number of nitrogens with zero attached hydrogens (tertiary/aromatic N) is 1. The second-order valence-electron chi connectivity index (χ2n) is 7.77. The molecule has 0 spiro atoms. The highest BCUT2D eigenvalue weighted by atomic mass is 35.5. The molecule has 35 heavy (non-hydrogen) atoms. The molecule has 178 valence electrons. The second-order valence-corrected chi connectivity index (χ2v) is 8.17. The average Bonchev–Trinajstić information content (AvgIpc) is 2.85. The largest absolute Gasteiger partial charge is 0.416 e. The van der Waals surface area contributed by atoms with Gasteiger partial charge in [0.15, 0.2) is 0 Å². The number of rotatable bonds is 7. The number of amides is 1. The SMILES string of the molecule is O=C(Nc1ccc(NCCc2ccccn2)cc1)c1ccccc1-c1cc(C(F)(F)F)ccc1Cl. The number of carbonyl (C=O) groups excluding carboxylic acids is 1. The zero-order valence-electron chi connectivity index (χ0n) is 18.4. The van der Waals surface area contributed by atoms with Crippen LogP contribution in [0.25, 0.3) is 11.1 Å². The first kappa shape index (κ1) is 24.3. The van der Waals surface area contributed by atoms with E-state index in [4.69, 9.17) is 11.6 Å². The molecule has 4 rings (SSSR count). The van der Waals surface area contributed by atoms with E-state index in [-0.39, 0.29) is 16.1 Å². The zero-order valence-corrected chi connectivity index (χ0v) is 19.2. The van der Waals surface area contributed by atoms with Crippen molar-refractivity contribution in [3.05, 3.63) is 113 Å². The van der Waals surface area contributed by atoms with Crippen molar-refractivity contribution in [1.82, 2.24) is 4.98 Å². The molecular formula is C27H21ClF3N3O. The van der Waals surface area contributed by atoms with Crippen molar-refractivity contribution in [2.45, 2.75) is 12.6 Å². The molecular weight excluding hydrogens is 475 g/mol. The minimum absolute atomic E-state index is 0.124. The van der Waals surface area contributed by atoms with Gasteiger partial charge in [-0.25, -0.2) is 0 Å². The number of halogens is 4. The van der Waals surface area contributed by atoms with Gasteiger partial charge >= 0.3 is 6.18 Å². The summed E-state index contributed by atoms with van der Waals surface area (Å²) in [4.78, 5) is 17.3. The average molecular weight is 496 g/mol. The Morgan fingerprint density at radius 3 is 2.29 bits per heavy atom. The zero-order chi connectivity index (χ0) is 24.8. The summed E-state index contributed by atoms with van der Waals surface area (Å²) in [5, 5.41) is 6.22. The monoisotopic (exact) mass is 495 g/mol. The Bertz CT molecular complexity index is 1310. The van der Waals surface area contributed by atoms with Crippen molar-refractivity contribution in [3.63, 3.8) is 0 Å². The van der Waals surface area contributed by atoms with E-state index >= 15 is 0 Å². The van der Waals surface area contributed by atoms with E-state index in [2.05, 4.69) is 15.6 Å². The van der Waals surface area contributed by atoms with Crippen molar-refractivity contribution in [1.29, 1.82) is 0 Å². The second kappa shape index (κ2) is 10.6. The highest BCUT2D eigenvalue weighted by Gasteiger charge is 2.31. The van der Waals surface area contributed by atoms with Crippen LogP contribution < -0.4 is 10.6 Å². The number of hydrogen-bond donors (Lipinski definition) is 2. The maximum Gasteiger partial charge on any atom is 0.416 e. The molecule has 0 fully saturated rings. The Morgan fingerprint density at radius 1 is 0.857 bits per heavy atom. The van der Waals surface area contributed by atoms with Gasteiger partial charge < -0.3 is 10.6 Å². The Hall–Kier alpha value is -3.84. The van der Waals surface area contributed by atoms with Gasteiger partial charge in [-0.2, -0.15) is 13.2 Å². The maximum absolute atomic E-state index is 13.2. The van der Waals surface area contributed by atoms with Crippen molar-refractivity contribution in [2.75, 3.05) is 17.2 Å². The predicted octanol–water partition coefficient (Wildman–Crippen LogP) is 7.33. The molecule has 4 nitrogen and oxygen atoms in total. The van der Waals surface area contributed by atoms with Crippen LogP contribution in [0.2, 0.25) is 5.02 Å². The van der Waals surface area contributed by atoms with Crippen molar-refractivity contribution >= 4 is 28.9 Å². The number of benzene rings is 3. The van der Waals surface area contributed by atoms with E-state index in [1.807, 2.05) is 30.3 Å². The summed E-state index contributed by atoms with van der Waals surface area (Å²) in [5.74, 6) is -0.454. The Balaban J connectivity index is 1.47. The molecule has 4 aromatic rings. The van der Waals surface area contributed by atoms with E-state index in [0.29, 0.717) is 17.8 Å². The summed E-state index contributed by atoms with van der Waals surface area (Å²) in [5.41, 5.74) is 2.26. The lowest BCUT2D eigenvalue weighted by Crippen LogP contribution is -2.13. The molecule has 0 radical (unpaired) electrons. The fraction of sp³-hybridized carbons (Fsp3) is 0.111. The molecule has 3 aromatic carbocycles. The first-order chi connectivity index (χ1) is 16.8. The minimum atomic E-state index is -4.52. The van der Waals surface area contributed by atoms with Crippen LogP contribution in [0.5, 0.6) is 0 Å². The molecule has 0 aliphatic carbocycles. The Morgan fingerprint density at radius 2 is 1.57 bits per heavy atom. The summed E-state index contributed by atoms with van der Waals surface area (Å²) >= 11 is 6.21. The standard InChI is InChI=1S/C27H21ClF3N3O/c28-25-13-8-18(27(29,30)31)17-24(25)22-6-1-2-7-23(22)26(35)34-21-11-9-20(10-12-21)33-16-14-19-5-3-4-15-32-19/h1-13,15,17,33H,14,16H2,(H,34,35). The van der Waals surface area contributed by atoms with Crippen LogP contribution in [0.15, 0.2) is 91.1 Å². The van der Waals surface area contributed by atoms with Crippen LogP contribution in [0, 0.1) is 0 Å². The van der Waals surface area contributed by atoms with E-state index in [9.17, 15) is 18.0 Å². The van der Waals surface area contributed by atoms with Crippen LogP contribution in [-0.4, -0.2) is 17.4 Å². The van der Waals surface area contributed by atoms with E-state index in [1.54, 1.807) is 42.6 Å². The van der Waals surface area contributed by atoms with Gasteiger partial charge in [0.05, 0.1) is 5.56 Å². The van der Waals surface area contributed by atoms with Gasteiger partial charge in [0.25, 0.3) is 5.91 Å². The van der Waals surface area contributed by atoms with Crippen molar-refractivity contribution in [3.8, 4) is 11.1 Å². The predicted molar refractivity (Wildman–Crippen MR) is 133 cm³/mol. The number of aromatic nitrogens is 1. The van der Waals surface area contributed by atoms with Crippen LogP contribution in [0.3, 0.4) is 0 Å². The summed E-state index contributed by atoms with van der Waals surface area (Å²) in [6.45, 7) is 0.702. The van der Waals surface area contributed by atoms with Gasteiger partial charge in [-0.05, 0) is 66.2 Å². The molecule has 0 bridgehead atoms. The fourth-order valence-corrected chi connectivity index (χ4v) is 3.79. The summed E-state index contributed by atoms with van der Waals surface area (Å²) in [7, 11) is 0. The number of pyridine rings is 1. The lowest BCUT2D eigenvalue weighted by atomic mass is 9.97. The molecule has 0 unspecified atom stereocenters. The third-order valence-electron chi connectivity index (χ3n) is 5.33. The first-order valence-electron chi connectivity index (χ1n) is 10.8. The molecule has 0 atom stereocenters. The maximum atomic E-state index is 13.2. The number of alkyl halides is 3. The van der Waals surface area contributed by atoms with Crippen LogP contribution in [0.4, 0.5) is 24.5 Å². The molecule has 0 aliphatic heterocycles. The van der Waals surface area contributed by atoms with Gasteiger partial charge in [0, 0.05) is 52.4 Å². The minimum Gasteiger partial charge on any atom is -0.385 e. The molecule has 1 aromatic heterocycles. The highest BCUT2D eigenvalue weighted by molar-refractivity contribution is 6.33. The van der Waals surface area contributed by atoms with E-state index in [1.165, 1.54) is 6.07 Å². The Labute approximate surface area is 205 Å². The summed E-state index contributed by atoms with van der Waals surface area (Å²) in [6.07, 6.45) is -2.00. The lowest BCUT2D eigenvalue weighted by molar-refractivity contribution is -0.137. The first-order valence-corrected chi connectivity index (χ1v) is 11.2. The lowest BCUT2D eigenvalue weighted by Gasteiger charge is -2.14. The third kappa shape index (κ3) is 6.19. The smallest absolute Gasteiger partial charge is 0.385 e. The Kier molecular flexibility index (Phi) is 7.36. The van der Waals surface area contributed by atoms with Crippen LogP contribution in [-0.2, 0) is 12.6 Å². The number of hydrogen-bond acceptors (Lipinski definition) is 3. The molecule has 8 heteroatoms. The summed E-state index contributed by atoms with van der Waals surface area (Å²) < 4.78 is 39.7. The van der Waals surface area contributed by atoms with Gasteiger partial charge in [-0.15, -0.1) is 0 Å². The number of nitrogens with one attached hydrogen (secondary N) is 2. The van der Waals surface area contributed by atoms with Crippen molar-refractivity contribution < 1.29 is 18.0 Å². The van der Waals surface area contributed by atoms with Crippen LogP contribution >= 0.6 is 11.6 Å². The van der Waals surface area contributed by atoms with Gasteiger partial charge in [-0.1, -0.05) is 35.9 Å². The van der Waals surface area contributed by atoms with Crippen molar-refractivity contribution in [2.24, 2.45) is 0 Å². The van der Waals surface area contributed by atoms with E-state index < -0.39 is 17.6 Å². The number of carbonyl (C=O) groups is 1.